The Balaban J connectivity index is 1.71. The van der Waals surface area contributed by atoms with Gasteiger partial charge < -0.3 is 24.5 Å². The van der Waals surface area contributed by atoms with Gasteiger partial charge >= 0.3 is 6.18 Å². The fraction of sp³-hybridized carbons (Fsp3) is 0.182. The zero-order valence-corrected chi connectivity index (χ0v) is 16.9. The summed E-state index contributed by atoms with van der Waals surface area (Å²) in [6, 6.07) is 12.5. The lowest BCUT2D eigenvalue weighted by Crippen LogP contribution is -2.23. The summed E-state index contributed by atoms with van der Waals surface area (Å²) < 4.78 is 56.3. The molecular formula is C22H19F3N2O5. The third-order valence-corrected chi connectivity index (χ3v) is 4.11. The molecule has 0 aliphatic rings. The topological polar surface area (TPSA) is 89.8 Å². The fourth-order valence-electron chi connectivity index (χ4n) is 2.74. The minimum absolute atomic E-state index is 0.0552. The van der Waals surface area contributed by atoms with E-state index in [1.807, 2.05) is 0 Å². The Hall–Kier alpha value is -3.95. The van der Waals surface area contributed by atoms with E-state index in [0.29, 0.717) is 12.4 Å². The second kappa shape index (κ2) is 9.90. The van der Waals surface area contributed by atoms with Crippen LogP contribution in [-0.2, 0) is 11.0 Å². The number of rotatable bonds is 8. The Morgan fingerprint density at radius 2 is 1.69 bits per heavy atom. The molecule has 2 aromatic carbocycles. The number of carbonyl (C=O) groups is 2. The lowest BCUT2D eigenvalue weighted by atomic mass is 10.1. The average Bonchev–Trinajstić information content (AvgIpc) is 3.29. The third-order valence-electron chi connectivity index (χ3n) is 4.11. The van der Waals surface area contributed by atoms with E-state index in [4.69, 9.17) is 13.9 Å². The molecule has 0 atom stereocenters. The number of nitrogens with one attached hydrogen (secondary N) is 2. The Morgan fingerprint density at radius 3 is 2.31 bits per heavy atom. The number of para-hydroxylation sites is 2. The molecule has 0 fully saturated rings. The predicted octanol–water partition coefficient (Wildman–Crippen LogP) is 4.97. The molecule has 0 aliphatic heterocycles. The summed E-state index contributed by atoms with van der Waals surface area (Å²) in [7, 11) is 0. The van der Waals surface area contributed by atoms with E-state index < -0.39 is 35.8 Å². The van der Waals surface area contributed by atoms with Crippen molar-refractivity contribution < 1.29 is 36.7 Å². The van der Waals surface area contributed by atoms with Crippen molar-refractivity contribution >= 4 is 23.2 Å². The van der Waals surface area contributed by atoms with Crippen molar-refractivity contribution in [3.8, 4) is 11.5 Å². The zero-order valence-electron chi connectivity index (χ0n) is 16.9. The van der Waals surface area contributed by atoms with Crippen LogP contribution in [0.2, 0.25) is 0 Å². The molecule has 0 spiro atoms. The molecule has 168 valence electrons. The quantitative estimate of drug-likeness (QED) is 0.508. The number of ether oxygens (including phenoxy) is 2. The summed E-state index contributed by atoms with van der Waals surface area (Å²) in [4.78, 5) is 24.2. The monoisotopic (exact) mass is 448 g/mol. The maximum atomic E-state index is 13.5. The first kappa shape index (κ1) is 22.7. The van der Waals surface area contributed by atoms with Crippen LogP contribution in [0.4, 0.5) is 24.5 Å². The molecule has 1 heterocycles. The van der Waals surface area contributed by atoms with Gasteiger partial charge in [0.25, 0.3) is 11.8 Å². The van der Waals surface area contributed by atoms with Gasteiger partial charge in [0.2, 0.25) is 0 Å². The van der Waals surface area contributed by atoms with Crippen LogP contribution in [0.1, 0.15) is 23.0 Å². The summed E-state index contributed by atoms with van der Waals surface area (Å²) in [6.45, 7) is 1.63. The van der Waals surface area contributed by atoms with Crippen LogP contribution in [0.15, 0.2) is 65.3 Å². The van der Waals surface area contributed by atoms with E-state index in [1.54, 1.807) is 31.2 Å². The number of anilines is 2. The van der Waals surface area contributed by atoms with Gasteiger partial charge in [-0.2, -0.15) is 13.2 Å². The van der Waals surface area contributed by atoms with Crippen LogP contribution in [0.3, 0.4) is 0 Å². The molecule has 0 aliphatic carbocycles. The Labute approximate surface area is 181 Å². The van der Waals surface area contributed by atoms with Gasteiger partial charge in [0, 0.05) is 5.69 Å². The maximum absolute atomic E-state index is 13.5. The van der Waals surface area contributed by atoms with Crippen LogP contribution >= 0.6 is 0 Å². The largest absolute Gasteiger partial charge is 0.490 e. The first-order valence-electron chi connectivity index (χ1n) is 9.48. The lowest BCUT2D eigenvalue weighted by Gasteiger charge is -2.16. The second-order valence-electron chi connectivity index (χ2n) is 6.41. The number of alkyl halides is 3. The molecule has 1 aromatic heterocycles. The van der Waals surface area contributed by atoms with E-state index in [-0.39, 0.29) is 17.2 Å². The molecule has 0 saturated heterocycles. The molecule has 3 rings (SSSR count). The van der Waals surface area contributed by atoms with E-state index in [2.05, 4.69) is 10.6 Å². The third kappa shape index (κ3) is 5.81. The molecule has 7 nitrogen and oxygen atoms in total. The number of amides is 2. The van der Waals surface area contributed by atoms with Crippen LogP contribution in [0.5, 0.6) is 11.5 Å². The van der Waals surface area contributed by atoms with Crippen molar-refractivity contribution in [2.75, 3.05) is 23.8 Å². The van der Waals surface area contributed by atoms with E-state index in [0.717, 1.165) is 12.1 Å². The summed E-state index contributed by atoms with van der Waals surface area (Å²) in [5.74, 6) is -0.858. The Bertz CT molecular complexity index is 1080. The Morgan fingerprint density at radius 1 is 0.969 bits per heavy atom. The Kier molecular flexibility index (Phi) is 7.04. The number of halogens is 3. The number of hydrogen-bond donors (Lipinski definition) is 2. The van der Waals surface area contributed by atoms with Gasteiger partial charge in [-0.15, -0.1) is 0 Å². The first-order valence-corrected chi connectivity index (χ1v) is 9.48. The highest BCUT2D eigenvalue weighted by atomic mass is 19.4. The molecule has 0 radical (unpaired) electrons. The minimum atomic E-state index is -4.78. The fourth-order valence-corrected chi connectivity index (χ4v) is 2.74. The molecule has 2 amide bonds. The molecule has 10 heteroatoms. The highest BCUT2D eigenvalue weighted by Gasteiger charge is 2.34. The van der Waals surface area contributed by atoms with Crippen molar-refractivity contribution in [3.05, 3.63) is 72.2 Å². The highest BCUT2D eigenvalue weighted by Crippen LogP contribution is 2.37. The van der Waals surface area contributed by atoms with Gasteiger partial charge in [-0.25, -0.2) is 0 Å². The molecule has 3 aromatic rings. The van der Waals surface area contributed by atoms with Crippen LogP contribution in [-0.4, -0.2) is 25.0 Å². The number of furan rings is 1. The number of benzene rings is 2. The van der Waals surface area contributed by atoms with Gasteiger partial charge in [-0.3, -0.25) is 9.59 Å². The standard InChI is InChI=1S/C22H19F3N2O5/c1-2-30-17-6-3-4-7-18(17)32-13-20(28)27-16-10-9-14(12-15(16)22(23,24)25)26-21(29)19-8-5-11-31-19/h3-12H,2,13H2,1H3,(H,26,29)(H,27,28). The second-order valence-corrected chi connectivity index (χ2v) is 6.41. The van der Waals surface area contributed by atoms with Gasteiger partial charge in [-0.1, -0.05) is 12.1 Å². The normalized spacial score (nSPS) is 11.0. The summed E-state index contributed by atoms with van der Waals surface area (Å²) in [5, 5.41) is 4.51. The zero-order chi connectivity index (χ0) is 23.1. The minimum Gasteiger partial charge on any atom is -0.490 e. The number of hydrogen-bond acceptors (Lipinski definition) is 5. The van der Waals surface area contributed by atoms with Crippen molar-refractivity contribution in [1.82, 2.24) is 0 Å². The predicted molar refractivity (Wildman–Crippen MR) is 110 cm³/mol. The van der Waals surface area contributed by atoms with Crippen molar-refractivity contribution in [2.24, 2.45) is 0 Å². The lowest BCUT2D eigenvalue weighted by molar-refractivity contribution is -0.137. The summed E-state index contributed by atoms with van der Waals surface area (Å²) >= 11 is 0. The van der Waals surface area contributed by atoms with Crippen molar-refractivity contribution in [3.63, 3.8) is 0 Å². The van der Waals surface area contributed by atoms with Gasteiger partial charge in [0.15, 0.2) is 23.9 Å². The van der Waals surface area contributed by atoms with Gasteiger partial charge in [0.1, 0.15) is 0 Å². The van der Waals surface area contributed by atoms with E-state index in [1.165, 1.54) is 24.5 Å². The van der Waals surface area contributed by atoms with E-state index in [9.17, 15) is 22.8 Å². The van der Waals surface area contributed by atoms with E-state index >= 15 is 0 Å². The molecule has 0 unspecified atom stereocenters. The van der Waals surface area contributed by atoms with Crippen LogP contribution in [0.25, 0.3) is 0 Å². The van der Waals surface area contributed by atoms with Crippen LogP contribution < -0.4 is 20.1 Å². The maximum Gasteiger partial charge on any atom is 0.418 e. The van der Waals surface area contributed by atoms with Gasteiger partial charge in [-0.05, 0) is 49.4 Å². The molecule has 2 N–H and O–H groups in total. The molecule has 0 bridgehead atoms. The molecular weight excluding hydrogens is 429 g/mol. The van der Waals surface area contributed by atoms with Gasteiger partial charge in [0.05, 0.1) is 24.1 Å². The summed E-state index contributed by atoms with van der Waals surface area (Å²) in [5.41, 5.74) is -1.71. The average molecular weight is 448 g/mol. The van der Waals surface area contributed by atoms with Crippen molar-refractivity contribution in [2.45, 2.75) is 13.1 Å². The smallest absolute Gasteiger partial charge is 0.418 e. The highest BCUT2D eigenvalue weighted by molar-refractivity contribution is 6.02. The molecule has 32 heavy (non-hydrogen) atoms. The van der Waals surface area contributed by atoms with Crippen molar-refractivity contribution in [1.29, 1.82) is 0 Å². The number of carbonyl (C=O) groups excluding carboxylic acids is 2. The SMILES string of the molecule is CCOc1ccccc1OCC(=O)Nc1ccc(NC(=O)c2ccco2)cc1C(F)(F)F. The summed E-state index contributed by atoms with van der Waals surface area (Å²) in [6.07, 6.45) is -3.51. The van der Waals surface area contributed by atoms with Crippen LogP contribution in [0, 0.1) is 0 Å². The molecule has 0 saturated carbocycles. The first-order chi connectivity index (χ1) is 15.3.